The van der Waals surface area contributed by atoms with E-state index in [2.05, 4.69) is 26.8 Å². The van der Waals surface area contributed by atoms with Crippen LogP contribution in [0.1, 0.15) is 40.5 Å². The largest absolute Gasteiger partial charge is 0.295 e. The molecular formula is C13H20O. The Balaban J connectivity index is 2.83. The van der Waals surface area contributed by atoms with Crippen molar-refractivity contribution in [3.05, 3.63) is 23.3 Å². The lowest BCUT2D eigenvalue weighted by Gasteiger charge is -2.29. The molecule has 78 valence electrons. The van der Waals surface area contributed by atoms with Crippen LogP contribution in [0.15, 0.2) is 23.3 Å². The predicted molar refractivity (Wildman–Crippen MR) is 60.1 cm³/mol. The molecule has 1 aliphatic rings. The number of carbonyl (C=O) groups is 1. The van der Waals surface area contributed by atoms with Crippen molar-refractivity contribution in [3.8, 4) is 0 Å². The summed E-state index contributed by atoms with van der Waals surface area (Å²) in [6.07, 6.45) is 6.25. The molecule has 2 unspecified atom stereocenters. The molecule has 0 N–H and O–H groups in total. The van der Waals surface area contributed by atoms with Crippen LogP contribution in [0.2, 0.25) is 0 Å². The number of hydrogen-bond acceptors (Lipinski definition) is 1. The lowest BCUT2D eigenvalue weighted by atomic mass is 9.76. The van der Waals surface area contributed by atoms with E-state index in [4.69, 9.17) is 0 Å². The van der Waals surface area contributed by atoms with Gasteiger partial charge in [0, 0.05) is 5.92 Å². The first-order chi connectivity index (χ1) is 6.52. The highest BCUT2D eigenvalue weighted by molar-refractivity contribution is 5.87. The Hall–Kier alpha value is -0.850. The number of allylic oxidation sites excluding steroid dienone is 4. The second-order valence-electron chi connectivity index (χ2n) is 4.47. The molecule has 0 fully saturated rings. The number of carbonyl (C=O) groups excluding carboxylic acids is 1. The Kier molecular flexibility index (Phi) is 3.68. The molecule has 0 heterocycles. The third-order valence-electron chi connectivity index (χ3n) is 3.30. The summed E-state index contributed by atoms with van der Waals surface area (Å²) in [5.41, 5.74) is 2.96. The molecule has 1 nitrogen and oxygen atoms in total. The Bertz CT molecular complexity index is 284. The second kappa shape index (κ2) is 4.59. The molecule has 0 aromatic rings. The van der Waals surface area contributed by atoms with Crippen molar-refractivity contribution in [2.75, 3.05) is 0 Å². The van der Waals surface area contributed by atoms with Gasteiger partial charge in [-0.05, 0) is 45.6 Å². The predicted octanol–water partition coefficient (Wildman–Crippen LogP) is 3.51. The first-order valence-corrected chi connectivity index (χ1v) is 5.37. The van der Waals surface area contributed by atoms with Gasteiger partial charge in [-0.3, -0.25) is 4.79 Å². The van der Waals surface area contributed by atoms with Crippen LogP contribution in [0, 0.1) is 11.8 Å². The molecule has 0 saturated carbocycles. The van der Waals surface area contributed by atoms with Crippen molar-refractivity contribution in [1.82, 2.24) is 0 Å². The van der Waals surface area contributed by atoms with Crippen molar-refractivity contribution in [2.45, 2.75) is 40.5 Å². The maximum absolute atomic E-state index is 10.9. The van der Waals surface area contributed by atoms with Gasteiger partial charge in [-0.2, -0.15) is 0 Å². The van der Waals surface area contributed by atoms with E-state index in [1.165, 1.54) is 24.0 Å². The highest BCUT2D eigenvalue weighted by Gasteiger charge is 2.22. The molecule has 0 saturated heterocycles. The van der Waals surface area contributed by atoms with Gasteiger partial charge in [0.1, 0.15) is 0 Å². The van der Waals surface area contributed by atoms with Gasteiger partial charge in [-0.15, -0.1) is 0 Å². The summed E-state index contributed by atoms with van der Waals surface area (Å²) in [7, 11) is 0. The van der Waals surface area contributed by atoms with Crippen LogP contribution in [-0.4, -0.2) is 5.78 Å². The van der Waals surface area contributed by atoms with E-state index < -0.39 is 0 Å². The van der Waals surface area contributed by atoms with Gasteiger partial charge in [0.15, 0.2) is 5.78 Å². The van der Waals surface area contributed by atoms with Gasteiger partial charge in [0.2, 0.25) is 0 Å². The fourth-order valence-electron chi connectivity index (χ4n) is 2.11. The average Bonchev–Trinajstić information content (AvgIpc) is 2.11. The van der Waals surface area contributed by atoms with Crippen molar-refractivity contribution in [2.24, 2.45) is 11.8 Å². The summed E-state index contributed by atoms with van der Waals surface area (Å²) in [5.74, 6) is 1.30. The Labute approximate surface area is 86.9 Å². The minimum absolute atomic E-state index is 0.147. The third-order valence-corrected chi connectivity index (χ3v) is 3.30. The first-order valence-electron chi connectivity index (χ1n) is 5.37. The number of rotatable bonds is 2. The van der Waals surface area contributed by atoms with Gasteiger partial charge in [0.25, 0.3) is 0 Å². The molecule has 0 spiro atoms. The first kappa shape index (κ1) is 11.2. The molecule has 0 radical (unpaired) electrons. The second-order valence-corrected chi connectivity index (χ2v) is 4.47. The summed E-state index contributed by atoms with van der Waals surface area (Å²) < 4.78 is 0. The van der Waals surface area contributed by atoms with Gasteiger partial charge in [0.05, 0.1) is 0 Å². The molecule has 2 atom stereocenters. The average molecular weight is 192 g/mol. The highest BCUT2D eigenvalue weighted by atomic mass is 16.1. The molecule has 1 aliphatic carbocycles. The summed E-state index contributed by atoms with van der Waals surface area (Å²) in [5, 5.41) is 0. The molecule has 14 heavy (non-hydrogen) atoms. The van der Waals surface area contributed by atoms with E-state index in [1.54, 1.807) is 13.0 Å². The molecule has 1 heteroatoms. The van der Waals surface area contributed by atoms with Gasteiger partial charge in [-0.25, -0.2) is 0 Å². The van der Waals surface area contributed by atoms with Crippen LogP contribution in [0.3, 0.4) is 0 Å². The van der Waals surface area contributed by atoms with Gasteiger partial charge < -0.3 is 0 Å². The van der Waals surface area contributed by atoms with E-state index in [0.29, 0.717) is 11.8 Å². The minimum Gasteiger partial charge on any atom is -0.295 e. The molecule has 1 rings (SSSR count). The lowest BCUT2D eigenvalue weighted by molar-refractivity contribution is -0.112. The fraction of sp³-hybridized carbons (Fsp3) is 0.615. The summed E-state index contributed by atoms with van der Waals surface area (Å²) >= 11 is 0. The maximum atomic E-state index is 10.9. The number of hydrogen-bond donors (Lipinski definition) is 0. The van der Waals surface area contributed by atoms with E-state index in [1.807, 2.05) is 0 Å². The molecule has 0 aromatic carbocycles. The van der Waals surface area contributed by atoms with Crippen LogP contribution in [0.5, 0.6) is 0 Å². The van der Waals surface area contributed by atoms with Crippen LogP contribution < -0.4 is 0 Å². The summed E-state index contributed by atoms with van der Waals surface area (Å²) in [6.45, 7) is 8.27. The topological polar surface area (TPSA) is 17.1 Å². The van der Waals surface area contributed by atoms with Gasteiger partial charge >= 0.3 is 0 Å². The third kappa shape index (κ3) is 2.57. The Morgan fingerprint density at radius 2 is 2.07 bits per heavy atom. The Morgan fingerprint density at radius 1 is 1.43 bits per heavy atom. The normalized spacial score (nSPS) is 28.6. The smallest absolute Gasteiger partial charge is 0.152 e. The van der Waals surface area contributed by atoms with Crippen molar-refractivity contribution < 1.29 is 4.79 Å². The van der Waals surface area contributed by atoms with Gasteiger partial charge in [-0.1, -0.05) is 24.1 Å². The maximum Gasteiger partial charge on any atom is 0.152 e. The standard InChI is InChI=1S/C13H20O/c1-9-5-6-10(2)13(12(9)4)8-7-11(3)14/h7-8,10,13H,5-6H2,1-4H3/b8-7+. The monoisotopic (exact) mass is 192 g/mol. The minimum atomic E-state index is 0.147. The highest BCUT2D eigenvalue weighted by Crippen LogP contribution is 2.34. The van der Waals surface area contributed by atoms with Crippen molar-refractivity contribution in [3.63, 3.8) is 0 Å². The zero-order valence-corrected chi connectivity index (χ0v) is 9.63. The van der Waals surface area contributed by atoms with E-state index >= 15 is 0 Å². The zero-order valence-electron chi connectivity index (χ0n) is 9.63. The van der Waals surface area contributed by atoms with Crippen LogP contribution >= 0.6 is 0 Å². The SMILES string of the molecule is CC(=O)/C=C/C1C(C)=C(C)CCC1C. The molecule has 0 bridgehead atoms. The molecule has 0 aliphatic heterocycles. The Morgan fingerprint density at radius 3 is 2.64 bits per heavy atom. The molecule has 0 amide bonds. The van der Waals surface area contributed by atoms with E-state index in [9.17, 15) is 4.79 Å². The van der Waals surface area contributed by atoms with Crippen molar-refractivity contribution >= 4 is 5.78 Å². The van der Waals surface area contributed by atoms with E-state index in [-0.39, 0.29) is 5.78 Å². The van der Waals surface area contributed by atoms with Crippen LogP contribution in [-0.2, 0) is 4.79 Å². The van der Waals surface area contributed by atoms with Crippen LogP contribution in [0.25, 0.3) is 0 Å². The van der Waals surface area contributed by atoms with Crippen molar-refractivity contribution in [1.29, 1.82) is 0 Å². The molecular weight excluding hydrogens is 172 g/mol. The van der Waals surface area contributed by atoms with E-state index in [0.717, 1.165) is 0 Å². The lowest BCUT2D eigenvalue weighted by Crippen LogP contribution is -2.17. The van der Waals surface area contributed by atoms with Crippen LogP contribution in [0.4, 0.5) is 0 Å². The quantitative estimate of drug-likeness (QED) is 0.483. The summed E-state index contributed by atoms with van der Waals surface area (Å²) in [6, 6.07) is 0. The fourth-order valence-corrected chi connectivity index (χ4v) is 2.11. The molecule has 0 aromatic heterocycles. The summed E-state index contributed by atoms with van der Waals surface area (Å²) in [4.78, 5) is 10.9. The zero-order chi connectivity index (χ0) is 10.7. The number of ketones is 1.